The summed E-state index contributed by atoms with van der Waals surface area (Å²) in [5, 5.41) is 9.07. The van der Waals surface area contributed by atoms with Gasteiger partial charge in [-0.05, 0) is 18.2 Å². The first-order valence-corrected chi connectivity index (χ1v) is 3.27. The summed E-state index contributed by atoms with van der Waals surface area (Å²) in [7, 11) is 0. The van der Waals surface area contributed by atoms with Gasteiger partial charge in [-0.15, -0.1) is 0 Å². The highest BCUT2D eigenvalue weighted by Gasteiger charge is 2.03. The van der Waals surface area contributed by atoms with Crippen LogP contribution in [0.25, 0.3) is 0 Å². The van der Waals surface area contributed by atoms with Crippen molar-refractivity contribution in [3.63, 3.8) is 0 Å². The summed E-state index contributed by atoms with van der Waals surface area (Å²) in [6.45, 7) is 0. The van der Waals surface area contributed by atoms with E-state index in [1.54, 1.807) is 0 Å². The van der Waals surface area contributed by atoms with Crippen molar-refractivity contribution >= 4 is 17.5 Å². The van der Waals surface area contributed by atoms with Gasteiger partial charge < -0.3 is 10.8 Å². The number of carbonyl (C=O) groups excluding carboxylic acids is 1. The molecule has 0 aliphatic carbocycles. The number of benzene rings is 1. The molecule has 0 saturated heterocycles. The Morgan fingerprint density at radius 3 is 2.64 bits per heavy atom. The third-order valence-electron chi connectivity index (χ3n) is 1.23. The molecule has 1 aromatic rings. The third kappa shape index (κ3) is 1.62. The second kappa shape index (κ2) is 2.80. The summed E-state index contributed by atoms with van der Waals surface area (Å²) < 4.78 is 0. The van der Waals surface area contributed by atoms with Crippen LogP contribution in [0.15, 0.2) is 18.2 Å². The Morgan fingerprint density at radius 2 is 2.18 bits per heavy atom. The summed E-state index contributed by atoms with van der Waals surface area (Å²) in [6, 6.07) is 4.05. The van der Waals surface area contributed by atoms with Crippen LogP contribution in [0.2, 0.25) is 5.02 Å². The molecule has 0 fully saturated rings. The molecule has 0 aromatic heterocycles. The van der Waals surface area contributed by atoms with Crippen LogP contribution < -0.4 is 5.73 Å². The van der Waals surface area contributed by atoms with Crippen molar-refractivity contribution in [2.45, 2.75) is 0 Å². The number of carbonyl (C=O) groups is 1. The molecular weight excluding hydrogens is 166 g/mol. The molecule has 11 heavy (non-hydrogen) atoms. The van der Waals surface area contributed by atoms with Gasteiger partial charge in [-0.1, -0.05) is 11.6 Å². The van der Waals surface area contributed by atoms with Crippen molar-refractivity contribution in [1.29, 1.82) is 0 Å². The zero-order valence-corrected chi connectivity index (χ0v) is 6.30. The SMILES string of the molecule is NC(=O)c1ccc(O)c(Cl)c1. The minimum Gasteiger partial charge on any atom is -0.506 e. The normalized spacial score (nSPS) is 9.55. The van der Waals surface area contributed by atoms with Gasteiger partial charge in [-0.3, -0.25) is 4.79 Å². The number of rotatable bonds is 1. The molecule has 0 aliphatic rings. The van der Waals surface area contributed by atoms with E-state index in [1.807, 2.05) is 0 Å². The van der Waals surface area contributed by atoms with Gasteiger partial charge in [0.1, 0.15) is 5.75 Å². The lowest BCUT2D eigenvalue weighted by atomic mass is 10.2. The molecule has 3 N–H and O–H groups in total. The predicted molar refractivity (Wildman–Crippen MR) is 41.6 cm³/mol. The maximum atomic E-state index is 10.5. The summed E-state index contributed by atoms with van der Waals surface area (Å²) in [5.41, 5.74) is 5.24. The fourth-order valence-corrected chi connectivity index (χ4v) is 0.841. The Balaban J connectivity index is 3.15. The molecule has 58 valence electrons. The summed E-state index contributed by atoms with van der Waals surface area (Å²) in [6.07, 6.45) is 0. The van der Waals surface area contributed by atoms with E-state index < -0.39 is 5.91 Å². The smallest absolute Gasteiger partial charge is 0.248 e. The van der Waals surface area contributed by atoms with Gasteiger partial charge in [0.15, 0.2) is 0 Å². The maximum absolute atomic E-state index is 10.5. The standard InChI is InChI=1S/C7H6ClNO2/c8-5-3-4(7(9)11)1-2-6(5)10/h1-3,10H,(H2,9,11). The molecule has 0 spiro atoms. The lowest BCUT2D eigenvalue weighted by molar-refractivity contribution is 0.100. The molecule has 0 saturated carbocycles. The number of aromatic hydroxyl groups is 1. The number of primary amides is 1. The molecule has 0 heterocycles. The molecule has 1 aromatic carbocycles. The van der Waals surface area contributed by atoms with Crippen LogP contribution in [0.1, 0.15) is 10.4 Å². The fourth-order valence-electron chi connectivity index (χ4n) is 0.660. The van der Waals surface area contributed by atoms with Crippen LogP contribution in [-0.2, 0) is 0 Å². The zero-order valence-electron chi connectivity index (χ0n) is 5.54. The summed E-state index contributed by atoms with van der Waals surface area (Å²) in [4.78, 5) is 10.5. The number of amides is 1. The molecule has 0 aliphatic heterocycles. The minimum atomic E-state index is -0.563. The highest BCUT2D eigenvalue weighted by atomic mass is 35.5. The van der Waals surface area contributed by atoms with E-state index in [4.69, 9.17) is 22.4 Å². The number of hydrogen-bond acceptors (Lipinski definition) is 2. The number of hydrogen-bond donors (Lipinski definition) is 2. The highest BCUT2D eigenvalue weighted by Crippen LogP contribution is 2.23. The van der Waals surface area contributed by atoms with Crippen molar-refractivity contribution in [2.75, 3.05) is 0 Å². The molecule has 1 rings (SSSR count). The van der Waals surface area contributed by atoms with Gasteiger partial charge in [0.05, 0.1) is 5.02 Å². The first kappa shape index (κ1) is 7.88. The first-order valence-electron chi connectivity index (χ1n) is 2.89. The van der Waals surface area contributed by atoms with E-state index in [2.05, 4.69) is 0 Å². The van der Waals surface area contributed by atoms with E-state index >= 15 is 0 Å². The zero-order chi connectivity index (χ0) is 8.43. The molecule has 3 nitrogen and oxygen atoms in total. The van der Waals surface area contributed by atoms with E-state index in [-0.39, 0.29) is 16.3 Å². The Labute approximate surface area is 68.4 Å². The highest BCUT2D eigenvalue weighted by molar-refractivity contribution is 6.32. The van der Waals surface area contributed by atoms with E-state index in [1.165, 1.54) is 18.2 Å². The lowest BCUT2D eigenvalue weighted by Gasteiger charge is -1.97. The maximum Gasteiger partial charge on any atom is 0.248 e. The van der Waals surface area contributed by atoms with Crippen molar-refractivity contribution in [1.82, 2.24) is 0 Å². The molecule has 0 radical (unpaired) electrons. The number of phenolic OH excluding ortho intramolecular Hbond substituents is 1. The van der Waals surface area contributed by atoms with E-state index in [9.17, 15) is 4.79 Å². The van der Waals surface area contributed by atoms with Gasteiger partial charge in [-0.2, -0.15) is 0 Å². The lowest BCUT2D eigenvalue weighted by Crippen LogP contribution is -2.10. The average Bonchev–Trinajstić information content (AvgIpc) is 1.94. The second-order valence-corrected chi connectivity index (χ2v) is 2.44. The topological polar surface area (TPSA) is 63.3 Å². The average molecular weight is 172 g/mol. The van der Waals surface area contributed by atoms with Crippen LogP contribution in [-0.4, -0.2) is 11.0 Å². The Kier molecular flexibility index (Phi) is 2.01. The number of nitrogens with two attached hydrogens (primary N) is 1. The van der Waals surface area contributed by atoms with Crippen molar-refractivity contribution in [3.05, 3.63) is 28.8 Å². The van der Waals surface area contributed by atoms with Gasteiger partial charge >= 0.3 is 0 Å². The van der Waals surface area contributed by atoms with Crippen molar-refractivity contribution < 1.29 is 9.90 Å². The van der Waals surface area contributed by atoms with E-state index in [0.29, 0.717) is 0 Å². The van der Waals surface area contributed by atoms with Gasteiger partial charge in [0.2, 0.25) is 5.91 Å². The third-order valence-corrected chi connectivity index (χ3v) is 1.53. The summed E-state index contributed by atoms with van der Waals surface area (Å²) >= 11 is 5.50. The molecule has 0 bridgehead atoms. The molecule has 0 unspecified atom stereocenters. The molecule has 1 amide bonds. The van der Waals surface area contributed by atoms with Crippen LogP contribution in [0.5, 0.6) is 5.75 Å². The molecule has 0 atom stereocenters. The minimum absolute atomic E-state index is 0.0586. The largest absolute Gasteiger partial charge is 0.506 e. The van der Waals surface area contributed by atoms with Gasteiger partial charge in [-0.25, -0.2) is 0 Å². The monoisotopic (exact) mass is 171 g/mol. The van der Waals surface area contributed by atoms with Crippen LogP contribution >= 0.6 is 11.6 Å². The Hall–Kier alpha value is -1.22. The number of phenols is 1. The number of halogens is 1. The van der Waals surface area contributed by atoms with Crippen LogP contribution in [0.4, 0.5) is 0 Å². The van der Waals surface area contributed by atoms with Gasteiger partial charge in [0.25, 0.3) is 0 Å². The Bertz CT molecular complexity index is 298. The van der Waals surface area contributed by atoms with Crippen molar-refractivity contribution in [2.24, 2.45) is 5.73 Å². The quantitative estimate of drug-likeness (QED) is 0.666. The first-order chi connectivity index (χ1) is 5.11. The second-order valence-electron chi connectivity index (χ2n) is 2.03. The molecule has 4 heteroatoms. The van der Waals surface area contributed by atoms with Crippen LogP contribution in [0, 0.1) is 0 Å². The molecular formula is C7H6ClNO2. The predicted octanol–water partition coefficient (Wildman–Crippen LogP) is 1.14. The van der Waals surface area contributed by atoms with Crippen LogP contribution in [0.3, 0.4) is 0 Å². The Morgan fingerprint density at radius 1 is 1.55 bits per heavy atom. The van der Waals surface area contributed by atoms with Gasteiger partial charge in [0, 0.05) is 5.56 Å². The fraction of sp³-hybridized carbons (Fsp3) is 0. The summed E-state index contributed by atoms with van der Waals surface area (Å²) in [5.74, 6) is -0.622. The van der Waals surface area contributed by atoms with E-state index in [0.717, 1.165) is 0 Å². The van der Waals surface area contributed by atoms with Crippen molar-refractivity contribution in [3.8, 4) is 5.75 Å².